The van der Waals surface area contributed by atoms with Crippen LogP contribution in [0.25, 0.3) is 0 Å². The van der Waals surface area contributed by atoms with Crippen molar-refractivity contribution in [1.82, 2.24) is 9.80 Å². The quantitative estimate of drug-likeness (QED) is 0.432. The SMILES string of the molecule is C=CCN1C(=O)C2(CC(C)(C)N(C(=O)OCC)C(C)(C)C2)OC12CCCCCCCCCCC2. The normalized spacial score (nSPS) is 26.7. The zero-order valence-corrected chi connectivity index (χ0v) is 22.4. The average molecular weight is 477 g/mol. The zero-order chi connectivity index (χ0) is 25.0. The number of likely N-dealkylation sites (tertiary alicyclic amines) is 1. The van der Waals surface area contributed by atoms with E-state index in [0.29, 0.717) is 26.0 Å². The van der Waals surface area contributed by atoms with Crippen LogP contribution in [0.5, 0.6) is 0 Å². The zero-order valence-electron chi connectivity index (χ0n) is 22.4. The van der Waals surface area contributed by atoms with E-state index in [2.05, 4.69) is 6.58 Å². The molecule has 0 aromatic carbocycles. The van der Waals surface area contributed by atoms with E-state index in [0.717, 1.165) is 25.7 Å². The van der Waals surface area contributed by atoms with Crippen molar-refractivity contribution in [2.75, 3.05) is 13.2 Å². The first-order valence-electron chi connectivity index (χ1n) is 13.6. The highest BCUT2D eigenvalue weighted by Gasteiger charge is 2.66. The summed E-state index contributed by atoms with van der Waals surface area (Å²) < 4.78 is 12.5. The van der Waals surface area contributed by atoms with E-state index >= 15 is 0 Å². The van der Waals surface area contributed by atoms with Gasteiger partial charge in [-0.25, -0.2) is 4.79 Å². The van der Waals surface area contributed by atoms with Crippen LogP contribution in [0.1, 0.15) is 118 Å². The second kappa shape index (κ2) is 10.6. The van der Waals surface area contributed by atoms with Gasteiger partial charge in [0, 0.05) is 30.5 Å². The van der Waals surface area contributed by atoms with Crippen molar-refractivity contribution in [3.05, 3.63) is 12.7 Å². The number of nitrogens with zero attached hydrogens (tertiary/aromatic N) is 2. The Balaban J connectivity index is 1.96. The van der Waals surface area contributed by atoms with E-state index in [1.165, 1.54) is 44.9 Å². The minimum Gasteiger partial charge on any atom is -0.450 e. The maximum absolute atomic E-state index is 14.2. The number of ether oxygens (including phenoxy) is 2. The predicted octanol–water partition coefficient (Wildman–Crippen LogP) is 6.58. The summed E-state index contributed by atoms with van der Waals surface area (Å²) in [5.41, 5.74) is -2.68. The van der Waals surface area contributed by atoms with Gasteiger partial charge in [-0.3, -0.25) is 9.69 Å². The Hall–Kier alpha value is -1.56. The fourth-order valence-electron chi connectivity index (χ4n) is 7.15. The fourth-order valence-corrected chi connectivity index (χ4v) is 7.15. The predicted molar refractivity (Wildman–Crippen MR) is 135 cm³/mol. The van der Waals surface area contributed by atoms with Crippen LogP contribution >= 0.6 is 0 Å². The van der Waals surface area contributed by atoms with Crippen LogP contribution in [0.4, 0.5) is 4.79 Å². The maximum atomic E-state index is 14.2. The summed E-state index contributed by atoms with van der Waals surface area (Å²) in [5, 5.41) is 0. The van der Waals surface area contributed by atoms with E-state index < -0.39 is 22.4 Å². The van der Waals surface area contributed by atoms with Crippen molar-refractivity contribution in [2.45, 2.75) is 140 Å². The molecule has 2 amide bonds. The minimum atomic E-state index is -0.934. The molecular formula is C28H48N2O4. The van der Waals surface area contributed by atoms with E-state index in [1.807, 2.05) is 50.5 Å². The monoisotopic (exact) mass is 476 g/mol. The molecule has 3 aliphatic rings. The molecule has 6 heteroatoms. The lowest BCUT2D eigenvalue weighted by Crippen LogP contribution is -2.68. The maximum Gasteiger partial charge on any atom is 0.410 e. The van der Waals surface area contributed by atoms with E-state index in [1.54, 1.807) is 0 Å². The number of hydrogen-bond acceptors (Lipinski definition) is 4. The van der Waals surface area contributed by atoms with Crippen LogP contribution in [0.2, 0.25) is 0 Å². The van der Waals surface area contributed by atoms with Gasteiger partial charge < -0.3 is 14.4 Å². The van der Waals surface area contributed by atoms with Gasteiger partial charge in [-0.15, -0.1) is 6.58 Å². The minimum absolute atomic E-state index is 0.0733. The van der Waals surface area contributed by atoms with Crippen molar-refractivity contribution < 1.29 is 19.1 Å². The van der Waals surface area contributed by atoms with E-state index in [9.17, 15) is 9.59 Å². The van der Waals surface area contributed by atoms with Crippen molar-refractivity contribution in [3.63, 3.8) is 0 Å². The summed E-state index contributed by atoms with van der Waals surface area (Å²) in [6.45, 7) is 14.8. The van der Waals surface area contributed by atoms with Gasteiger partial charge in [0.2, 0.25) is 0 Å². The molecule has 3 fully saturated rings. The summed E-state index contributed by atoms with van der Waals surface area (Å²) in [6.07, 6.45) is 15.2. The Labute approximate surface area is 207 Å². The van der Waals surface area contributed by atoms with Gasteiger partial charge in [0.25, 0.3) is 5.91 Å². The molecule has 194 valence electrons. The van der Waals surface area contributed by atoms with Crippen molar-refractivity contribution in [3.8, 4) is 0 Å². The smallest absolute Gasteiger partial charge is 0.410 e. The highest BCUT2D eigenvalue weighted by atomic mass is 16.6. The van der Waals surface area contributed by atoms with Crippen molar-refractivity contribution >= 4 is 12.0 Å². The van der Waals surface area contributed by atoms with Crippen molar-refractivity contribution in [2.24, 2.45) is 0 Å². The molecule has 0 unspecified atom stereocenters. The van der Waals surface area contributed by atoms with Gasteiger partial charge >= 0.3 is 6.09 Å². The molecule has 0 N–H and O–H groups in total. The molecule has 0 atom stereocenters. The Bertz CT molecular complexity index is 715. The summed E-state index contributed by atoms with van der Waals surface area (Å²) in [7, 11) is 0. The standard InChI is InChI=1S/C28H48N2O4/c1-7-20-29-23(31)27(21-25(3,4)30(24(32)33-8-2)26(5,6)22-27)34-28(29)18-16-14-12-10-9-11-13-15-17-19-28/h7H,1,8-22H2,2-6H3. The van der Waals surface area contributed by atoms with Gasteiger partial charge in [0.15, 0.2) is 5.60 Å². The lowest BCUT2D eigenvalue weighted by atomic mass is 9.70. The molecule has 2 spiro atoms. The second-order valence-corrected chi connectivity index (χ2v) is 11.9. The third kappa shape index (κ3) is 5.32. The lowest BCUT2D eigenvalue weighted by Gasteiger charge is -2.56. The highest BCUT2D eigenvalue weighted by Crippen LogP contribution is 2.53. The number of piperidine rings is 1. The summed E-state index contributed by atoms with van der Waals surface area (Å²) in [5.74, 6) is 0.0733. The number of rotatable bonds is 3. The number of hydrogen-bond donors (Lipinski definition) is 0. The van der Waals surface area contributed by atoms with Crippen LogP contribution in [-0.2, 0) is 14.3 Å². The van der Waals surface area contributed by atoms with Crippen molar-refractivity contribution in [1.29, 1.82) is 0 Å². The molecule has 0 bridgehead atoms. The molecule has 2 saturated heterocycles. The first-order valence-corrected chi connectivity index (χ1v) is 13.6. The number of amides is 2. The van der Waals surface area contributed by atoms with Crippen LogP contribution in [-0.4, -0.2) is 57.4 Å². The first-order chi connectivity index (χ1) is 16.0. The largest absolute Gasteiger partial charge is 0.450 e. The van der Waals surface area contributed by atoms with Gasteiger partial charge in [-0.2, -0.15) is 0 Å². The Morgan fingerprint density at radius 2 is 1.41 bits per heavy atom. The third-order valence-corrected chi connectivity index (χ3v) is 8.06. The van der Waals surface area contributed by atoms with Crippen LogP contribution in [0, 0.1) is 0 Å². The Kier molecular flexibility index (Phi) is 8.42. The molecule has 1 saturated carbocycles. The van der Waals surface area contributed by atoms with Crippen LogP contribution in [0.15, 0.2) is 12.7 Å². The topological polar surface area (TPSA) is 59.1 Å². The highest BCUT2D eigenvalue weighted by molar-refractivity contribution is 5.89. The number of carbonyl (C=O) groups is 2. The molecule has 6 nitrogen and oxygen atoms in total. The van der Waals surface area contributed by atoms with Gasteiger partial charge in [-0.1, -0.05) is 51.0 Å². The summed E-state index contributed by atoms with van der Waals surface area (Å²) in [6, 6.07) is 0. The molecule has 0 aromatic heterocycles. The summed E-state index contributed by atoms with van der Waals surface area (Å²) >= 11 is 0. The van der Waals surface area contributed by atoms with Gasteiger partial charge in [0.05, 0.1) is 6.61 Å². The van der Waals surface area contributed by atoms with Gasteiger partial charge in [0.1, 0.15) is 5.72 Å². The van der Waals surface area contributed by atoms with E-state index in [4.69, 9.17) is 9.47 Å². The molecule has 2 aliphatic heterocycles. The lowest BCUT2D eigenvalue weighted by molar-refractivity contribution is -0.194. The first kappa shape index (κ1) is 27.0. The number of carbonyl (C=O) groups excluding carboxylic acids is 2. The second-order valence-electron chi connectivity index (χ2n) is 11.9. The van der Waals surface area contributed by atoms with Crippen LogP contribution in [0.3, 0.4) is 0 Å². The van der Waals surface area contributed by atoms with Crippen LogP contribution < -0.4 is 0 Å². The molecule has 0 aromatic rings. The van der Waals surface area contributed by atoms with E-state index in [-0.39, 0.29) is 12.0 Å². The fraction of sp³-hybridized carbons (Fsp3) is 0.857. The Morgan fingerprint density at radius 1 is 0.941 bits per heavy atom. The van der Waals surface area contributed by atoms with Gasteiger partial charge in [-0.05, 0) is 60.3 Å². The molecule has 2 heterocycles. The average Bonchev–Trinajstić information content (AvgIpc) is 2.91. The summed E-state index contributed by atoms with van der Waals surface area (Å²) in [4.78, 5) is 31.0. The third-order valence-electron chi connectivity index (χ3n) is 8.06. The molecule has 0 radical (unpaired) electrons. The Morgan fingerprint density at radius 3 is 1.85 bits per heavy atom. The molecule has 3 rings (SSSR count). The molecule has 34 heavy (non-hydrogen) atoms. The molecular weight excluding hydrogens is 428 g/mol. The molecule has 1 aliphatic carbocycles.